The highest BCUT2D eigenvalue weighted by Crippen LogP contribution is 2.34. The van der Waals surface area contributed by atoms with Gasteiger partial charge in [0.1, 0.15) is 0 Å². The molecule has 0 aromatic carbocycles. The number of hydrogen-bond donors (Lipinski definition) is 1. The minimum Gasteiger partial charge on any atom is -0.393 e. The molecule has 10 heavy (non-hydrogen) atoms. The van der Waals surface area contributed by atoms with Gasteiger partial charge in [0.2, 0.25) is 0 Å². The summed E-state index contributed by atoms with van der Waals surface area (Å²) in [5, 5.41) is 9.40. The van der Waals surface area contributed by atoms with Crippen LogP contribution in [0.25, 0.3) is 0 Å². The number of aliphatic hydroxyl groups excluding tert-OH is 1. The molecule has 1 unspecified atom stereocenters. The summed E-state index contributed by atoms with van der Waals surface area (Å²) in [4.78, 5) is 0. The normalized spacial score (nSPS) is 20.6. The molecule has 1 saturated carbocycles. The summed E-state index contributed by atoms with van der Waals surface area (Å²) in [5.41, 5.74) is 1.18. The Morgan fingerprint density at radius 1 is 1.70 bits per heavy atom. The Bertz CT molecular complexity index is 125. The van der Waals surface area contributed by atoms with Gasteiger partial charge in [0, 0.05) is 0 Å². The SMILES string of the molecule is C=C(C)CCC(O)C1CC1. The summed E-state index contributed by atoms with van der Waals surface area (Å²) >= 11 is 0. The van der Waals surface area contributed by atoms with Crippen molar-refractivity contribution in [2.24, 2.45) is 5.92 Å². The molecule has 58 valence electrons. The maximum Gasteiger partial charge on any atom is 0.0571 e. The van der Waals surface area contributed by atoms with Crippen molar-refractivity contribution in [2.75, 3.05) is 0 Å². The maximum atomic E-state index is 9.40. The van der Waals surface area contributed by atoms with Crippen LogP contribution in [0.5, 0.6) is 0 Å². The fourth-order valence-electron chi connectivity index (χ4n) is 1.11. The number of allylic oxidation sites excluding steroid dienone is 1. The van der Waals surface area contributed by atoms with Gasteiger partial charge in [-0.05, 0) is 38.5 Å². The van der Waals surface area contributed by atoms with Crippen LogP contribution in [0.1, 0.15) is 32.6 Å². The molecule has 1 N–H and O–H groups in total. The molecule has 1 aliphatic rings. The van der Waals surface area contributed by atoms with E-state index in [9.17, 15) is 5.11 Å². The van der Waals surface area contributed by atoms with Crippen molar-refractivity contribution in [1.82, 2.24) is 0 Å². The zero-order valence-corrected chi connectivity index (χ0v) is 6.64. The van der Waals surface area contributed by atoms with E-state index in [1.807, 2.05) is 6.92 Å². The smallest absolute Gasteiger partial charge is 0.0571 e. The molecule has 1 nitrogen and oxygen atoms in total. The van der Waals surface area contributed by atoms with Crippen LogP contribution in [-0.2, 0) is 0 Å². The van der Waals surface area contributed by atoms with Gasteiger partial charge in [-0.1, -0.05) is 5.57 Å². The van der Waals surface area contributed by atoms with Crippen LogP contribution in [0.4, 0.5) is 0 Å². The van der Waals surface area contributed by atoms with Gasteiger partial charge in [0.05, 0.1) is 6.10 Å². The average Bonchev–Trinajstić information content (AvgIpc) is 2.63. The topological polar surface area (TPSA) is 20.2 Å². The van der Waals surface area contributed by atoms with Crippen molar-refractivity contribution >= 4 is 0 Å². The lowest BCUT2D eigenvalue weighted by atomic mass is 10.1. The molecular formula is C9H16O. The van der Waals surface area contributed by atoms with Gasteiger partial charge in [-0.15, -0.1) is 6.58 Å². The predicted octanol–water partition coefficient (Wildman–Crippen LogP) is 2.11. The van der Waals surface area contributed by atoms with Crippen LogP contribution < -0.4 is 0 Å². The Balaban J connectivity index is 2.05. The predicted molar refractivity (Wildman–Crippen MR) is 42.8 cm³/mol. The van der Waals surface area contributed by atoms with Gasteiger partial charge in [-0.25, -0.2) is 0 Å². The van der Waals surface area contributed by atoms with Crippen LogP contribution in [-0.4, -0.2) is 11.2 Å². The van der Waals surface area contributed by atoms with Crippen molar-refractivity contribution in [2.45, 2.75) is 38.7 Å². The maximum absolute atomic E-state index is 9.40. The lowest BCUT2D eigenvalue weighted by Crippen LogP contribution is -2.08. The second-order valence-corrected chi connectivity index (χ2v) is 3.40. The summed E-state index contributed by atoms with van der Waals surface area (Å²) in [5.74, 6) is 0.624. The third-order valence-electron chi connectivity index (χ3n) is 2.03. The molecule has 0 aromatic rings. The first-order valence-corrected chi connectivity index (χ1v) is 4.02. The number of aliphatic hydroxyl groups is 1. The molecule has 0 aromatic heterocycles. The first kappa shape index (κ1) is 7.80. The van der Waals surface area contributed by atoms with Crippen LogP contribution in [0.3, 0.4) is 0 Å². The third kappa shape index (κ3) is 2.53. The highest BCUT2D eigenvalue weighted by molar-refractivity contribution is 4.90. The fraction of sp³-hybridized carbons (Fsp3) is 0.778. The molecule has 1 heteroatoms. The molecule has 1 rings (SSSR count). The van der Waals surface area contributed by atoms with Gasteiger partial charge < -0.3 is 5.11 Å². The van der Waals surface area contributed by atoms with E-state index in [4.69, 9.17) is 0 Å². The molecule has 1 aliphatic carbocycles. The third-order valence-corrected chi connectivity index (χ3v) is 2.03. The highest BCUT2D eigenvalue weighted by Gasteiger charge is 2.28. The Hall–Kier alpha value is -0.300. The second kappa shape index (κ2) is 3.20. The average molecular weight is 140 g/mol. The number of hydrogen-bond acceptors (Lipinski definition) is 1. The van der Waals surface area contributed by atoms with E-state index in [2.05, 4.69) is 6.58 Å². The number of rotatable bonds is 4. The van der Waals surface area contributed by atoms with Crippen molar-refractivity contribution < 1.29 is 5.11 Å². The van der Waals surface area contributed by atoms with E-state index in [1.54, 1.807) is 0 Å². The minimum absolute atomic E-state index is 0.0447. The fourth-order valence-corrected chi connectivity index (χ4v) is 1.11. The van der Waals surface area contributed by atoms with E-state index < -0.39 is 0 Å². The first-order chi connectivity index (χ1) is 4.70. The van der Waals surface area contributed by atoms with Crippen LogP contribution >= 0.6 is 0 Å². The standard InChI is InChI=1S/C9H16O/c1-7(2)3-6-9(10)8-4-5-8/h8-10H,1,3-6H2,2H3. The van der Waals surface area contributed by atoms with E-state index >= 15 is 0 Å². The van der Waals surface area contributed by atoms with Crippen molar-refractivity contribution in [3.05, 3.63) is 12.2 Å². The lowest BCUT2D eigenvalue weighted by Gasteiger charge is -2.07. The van der Waals surface area contributed by atoms with E-state index in [0.29, 0.717) is 5.92 Å². The molecule has 0 radical (unpaired) electrons. The largest absolute Gasteiger partial charge is 0.393 e. The molecule has 0 spiro atoms. The molecule has 1 fully saturated rings. The molecule has 0 amide bonds. The lowest BCUT2D eigenvalue weighted by molar-refractivity contribution is 0.142. The summed E-state index contributed by atoms with van der Waals surface area (Å²) in [6, 6.07) is 0. The Morgan fingerprint density at radius 2 is 2.30 bits per heavy atom. The molecule has 0 aliphatic heterocycles. The molecular weight excluding hydrogens is 124 g/mol. The summed E-state index contributed by atoms with van der Waals surface area (Å²) < 4.78 is 0. The minimum atomic E-state index is -0.0447. The summed E-state index contributed by atoms with van der Waals surface area (Å²) in [7, 11) is 0. The zero-order chi connectivity index (χ0) is 7.56. The van der Waals surface area contributed by atoms with Gasteiger partial charge >= 0.3 is 0 Å². The van der Waals surface area contributed by atoms with Crippen molar-refractivity contribution in [1.29, 1.82) is 0 Å². The Morgan fingerprint density at radius 3 is 2.70 bits per heavy atom. The van der Waals surface area contributed by atoms with Crippen LogP contribution in [0.15, 0.2) is 12.2 Å². The second-order valence-electron chi connectivity index (χ2n) is 3.40. The van der Waals surface area contributed by atoms with Crippen molar-refractivity contribution in [3.8, 4) is 0 Å². The highest BCUT2D eigenvalue weighted by atomic mass is 16.3. The quantitative estimate of drug-likeness (QED) is 0.593. The summed E-state index contributed by atoms with van der Waals surface area (Å²) in [6.45, 7) is 5.81. The Labute approximate surface area is 62.8 Å². The van der Waals surface area contributed by atoms with Crippen molar-refractivity contribution in [3.63, 3.8) is 0 Å². The van der Waals surface area contributed by atoms with E-state index in [-0.39, 0.29) is 6.10 Å². The van der Waals surface area contributed by atoms with Gasteiger partial charge in [0.15, 0.2) is 0 Å². The molecule has 1 atom stereocenters. The Kier molecular flexibility index (Phi) is 2.50. The monoisotopic (exact) mass is 140 g/mol. The molecule has 0 bridgehead atoms. The van der Waals surface area contributed by atoms with Gasteiger partial charge in [-0.3, -0.25) is 0 Å². The zero-order valence-electron chi connectivity index (χ0n) is 6.64. The van der Waals surface area contributed by atoms with Gasteiger partial charge in [-0.2, -0.15) is 0 Å². The molecule has 0 heterocycles. The molecule has 0 saturated heterocycles. The first-order valence-electron chi connectivity index (χ1n) is 4.02. The van der Waals surface area contributed by atoms with Gasteiger partial charge in [0.25, 0.3) is 0 Å². The van der Waals surface area contributed by atoms with Crippen LogP contribution in [0, 0.1) is 5.92 Å². The van der Waals surface area contributed by atoms with E-state index in [1.165, 1.54) is 18.4 Å². The van der Waals surface area contributed by atoms with E-state index in [0.717, 1.165) is 12.8 Å². The summed E-state index contributed by atoms with van der Waals surface area (Å²) in [6.07, 6.45) is 4.32. The van der Waals surface area contributed by atoms with Crippen LogP contribution in [0.2, 0.25) is 0 Å².